The first-order valence-corrected chi connectivity index (χ1v) is 11.8. The Labute approximate surface area is 180 Å². The Kier molecular flexibility index (Phi) is 7.39. The van der Waals surface area contributed by atoms with Crippen molar-refractivity contribution >= 4 is 10.0 Å². The van der Waals surface area contributed by atoms with Crippen molar-refractivity contribution in [2.45, 2.75) is 37.1 Å². The molecule has 0 spiro atoms. The van der Waals surface area contributed by atoms with E-state index in [1.165, 1.54) is 5.56 Å². The molecule has 2 aromatic rings. The van der Waals surface area contributed by atoms with Crippen molar-refractivity contribution in [3.63, 3.8) is 0 Å². The van der Waals surface area contributed by atoms with Crippen LogP contribution in [-0.2, 0) is 16.4 Å². The molecule has 6 nitrogen and oxygen atoms in total. The van der Waals surface area contributed by atoms with E-state index in [2.05, 4.69) is 11.9 Å². The van der Waals surface area contributed by atoms with E-state index in [-0.39, 0.29) is 6.04 Å². The van der Waals surface area contributed by atoms with Gasteiger partial charge in [-0.2, -0.15) is 4.31 Å². The Bertz CT molecular complexity index is 944. The Balaban J connectivity index is 1.63. The van der Waals surface area contributed by atoms with Crippen molar-refractivity contribution in [2.75, 3.05) is 40.9 Å². The predicted octanol–water partition coefficient (Wildman–Crippen LogP) is 3.34. The minimum atomic E-state index is -3.45. The van der Waals surface area contributed by atoms with Gasteiger partial charge in [0.2, 0.25) is 10.0 Å². The van der Waals surface area contributed by atoms with Gasteiger partial charge in [0.1, 0.15) is 0 Å². The first kappa shape index (κ1) is 22.6. The van der Waals surface area contributed by atoms with Gasteiger partial charge < -0.3 is 14.4 Å². The molecular formula is C23H32N2O4S. The van der Waals surface area contributed by atoms with Gasteiger partial charge in [-0.25, -0.2) is 8.42 Å². The molecule has 3 rings (SSSR count). The minimum Gasteiger partial charge on any atom is -0.493 e. The highest BCUT2D eigenvalue weighted by molar-refractivity contribution is 7.89. The van der Waals surface area contributed by atoms with Crippen LogP contribution in [0.3, 0.4) is 0 Å². The summed E-state index contributed by atoms with van der Waals surface area (Å²) in [6, 6.07) is 13.3. The number of hydrogen-bond donors (Lipinski definition) is 0. The maximum atomic E-state index is 13.1. The van der Waals surface area contributed by atoms with E-state index in [4.69, 9.17) is 9.47 Å². The van der Waals surface area contributed by atoms with Gasteiger partial charge in [0.05, 0.1) is 19.1 Å². The number of aryl methyl sites for hydroxylation is 1. The number of nitrogens with zero attached hydrogens (tertiary/aromatic N) is 2. The molecule has 0 radical (unpaired) electrons. The van der Waals surface area contributed by atoms with E-state index in [1.54, 1.807) is 30.7 Å². The summed E-state index contributed by atoms with van der Waals surface area (Å²) in [4.78, 5) is 2.65. The maximum Gasteiger partial charge on any atom is 0.243 e. The molecule has 1 atom stereocenters. The van der Waals surface area contributed by atoms with Crippen LogP contribution in [0, 0.1) is 6.92 Å². The van der Waals surface area contributed by atoms with E-state index in [0.29, 0.717) is 18.0 Å². The highest BCUT2D eigenvalue weighted by atomic mass is 32.2. The maximum absolute atomic E-state index is 13.1. The van der Waals surface area contributed by atoms with Gasteiger partial charge in [0.25, 0.3) is 0 Å². The van der Waals surface area contributed by atoms with E-state index in [1.807, 2.05) is 37.3 Å². The number of rotatable bonds is 8. The van der Waals surface area contributed by atoms with Crippen LogP contribution in [0.5, 0.6) is 11.5 Å². The second-order valence-electron chi connectivity index (χ2n) is 7.89. The topological polar surface area (TPSA) is 59.1 Å². The molecule has 1 saturated heterocycles. The number of methoxy groups -OCH3 is 2. The zero-order valence-corrected chi connectivity index (χ0v) is 19.1. The molecule has 0 amide bonds. The van der Waals surface area contributed by atoms with E-state index in [0.717, 1.165) is 42.9 Å². The Morgan fingerprint density at radius 1 is 1.07 bits per heavy atom. The molecule has 0 saturated carbocycles. The van der Waals surface area contributed by atoms with Crippen LogP contribution in [0.2, 0.25) is 0 Å². The van der Waals surface area contributed by atoms with Crippen LogP contribution < -0.4 is 9.47 Å². The number of benzene rings is 2. The minimum absolute atomic E-state index is 0.208. The molecule has 0 bridgehead atoms. The third-order valence-electron chi connectivity index (χ3n) is 5.84. The predicted molar refractivity (Wildman–Crippen MR) is 119 cm³/mol. The molecule has 1 heterocycles. The van der Waals surface area contributed by atoms with Crippen molar-refractivity contribution < 1.29 is 17.9 Å². The van der Waals surface area contributed by atoms with Gasteiger partial charge in [-0.3, -0.25) is 0 Å². The molecular weight excluding hydrogens is 400 g/mol. The summed E-state index contributed by atoms with van der Waals surface area (Å²) >= 11 is 0. The summed E-state index contributed by atoms with van der Waals surface area (Å²) in [5.41, 5.74) is 2.22. The van der Waals surface area contributed by atoms with Crippen LogP contribution in [0.15, 0.2) is 47.4 Å². The SMILES string of the molecule is COc1ccc(CCN(C)[C@H]2CCCN(S(=O)(=O)c3ccc(C)cc3)C2)cc1OC. The summed E-state index contributed by atoms with van der Waals surface area (Å²) < 4.78 is 38.4. The molecule has 30 heavy (non-hydrogen) atoms. The Morgan fingerprint density at radius 3 is 2.43 bits per heavy atom. The molecule has 1 fully saturated rings. The molecule has 164 valence electrons. The summed E-state index contributed by atoms with van der Waals surface area (Å²) in [6.07, 6.45) is 2.73. The fraction of sp³-hybridized carbons (Fsp3) is 0.478. The third-order valence-corrected chi connectivity index (χ3v) is 7.72. The van der Waals surface area contributed by atoms with E-state index in [9.17, 15) is 8.42 Å². The van der Waals surface area contributed by atoms with Gasteiger partial charge in [-0.05, 0) is 63.1 Å². The Morgan fingerprint density at radius 2 is 1.77 bits per heavy atom. The van der Waals surface area contributed by atoms with Crippen molar-refractivity contribution in [1.29, 1.82) is 0 Å². The van der Waals surface area contributed by atoms with Crippen LogP contribution in [-0.4, -0.2) is 64.6 Å². The molecule has 0 aliphatic carbocycles. The first-order chi connectivity index (χ1) is 14.3. The molecule has 0 N–H and O–H groups in total. The van der Waals surface area contributed by atoms with Gasteiger partial charge in [0.15, 0.2) is 11.5 Å². The molecule has 1 aliphatic rings. The number of ether oxygens (including phenoxy) is 2. The summed E-state index contributed by atoms with van der Waals surface area (Å²) in [5.74, 6) is 1.45. The van der Waals surface area contributed by atoms with Crippen molar-refractivity contribution in [1.82, 2.24) is 9.21 Å². The molecule has 2 aromatic carbocycles. The zero-order chi connectivity index (χ0) is 21.7. The van der Waals surface area contributed by atoms with Crippen molar-refractivity contribution in [2.24, 2.45) is 0 Å². The first-order valence-electron chi connectivity index (χ1n) is 10.3. The lowest BCUT2D eigenvalue weighted by molar-refractivity contribution is 0.164. The number of piperidine rings is 1. The lowest BCUT2D eigenvalue weighted by Crippen LogP contribution is -2.48. The molecule has 0 aromatic heterocycles. The standard InChI is InChI=1S/C23H32N2O4S/c1-18-7-10-21(11-8-18)30(26,27)25-14-5-6-20(17-25)24(2)15-13-19-9-12-22(28-3)23(16-19)29-4/h7-12,16,20H,5-6,13-15,17H2,1-4H3/t20-/m0/s1. The average Bonchev–Trinajstić information content (AvgIpc) is 2.77. The molecule has 1 aliphatic heterocycles. The summed E-state index contributed by atoms with van der Waals surface area (Å²) in [7, 11) is 1.89. The second-order valence-corrected chi connectivity index (χ2v) is 9.83. The van der Waals surface area contributed by atoms with E-state index < -0.39 is 10.0 Å². The smallest absolute Gasteiger partial charge is 0.243 e. The number of likely N-dealkylation sites (N-methyl/N-ethyl adjacent to an activating group) is 1. The van der Waals surface area contributed by atoms with E-state index >= 15 is 0 Å². The second kappa shape index (κ2) is 9.81. The zero-order valence-electron chi connectivity index (χ0n) is 18.3. The number of sulfonamides is 1. The van der Waals surface area contributed by atoms with Gasteiger partial charge >= 0.3 is 0 Å². The summed E-state index contributed by atoms with van der Waals surface area (Å²) in [5, 5.41) is 0. The average molecular weight is 433 g/mol. The van der Waals surface area contributed by atoms with Crippen molar-refractivity contribution in [3.05, 3.63) is 53.6 Å². The number of hydrogen-bond acceptors (Lipinski definition) is 5. The van der Waals surface area contributed by atoms with Gasteiger partial charge in [-0.15, -0.1) is 0 Å². The van der Waals surface area contributed by atoms with Crippen LogP contribution in [0.25, 0.3) is 0 Å². The fourth-order valence-corrected chi connectivity index (χ4v) is 5.40. The largest absolute Gasteiger partial charge is 0.493 e. The summed E-state index contributed by atoms with van der Waals surface area (Å²) in [6.45, 7) is 3.91. The van der Waals surface area contributed by atoms with Crippen molar-refractivity contribution in [3.8, 4) is 11.5 Å². The third kappa shape index (κ3) is 5.14. The highest BCUT2D eigenvalue weighted by Gasteiger charge is 2.31. The van der Waals surface area contributed by atoms with Crippen LogP contribution >= 0.6 is 0 Å². The van der Waals surface area contributed by atoms with Crippen LogP contribution in [0.1, 0.15) is 24.0 Å². The van der Waals surface area contributed by atoms with Gasteiger partial charge in [0, 0.05) is 25.7 Å². The quantitative estimate of drug-likeness (QED) is 0.640. The monoisotopic (exact) mass is 432 g/mol. The molecule has 0 unspecified atom stereocenters. The van der Waals surface area contributed by atoms with Crippen LogP contribution in [0.4, 0.5) is 0 Å². The normalized spacial score (nSPS) is 17.8. The molecule has 7 heteroatoms. The Hall–Kier alpha value is -2.09. The lowest BCUT2D eigenvalue weighted by Gasteiger charge is -2.37. The highest BCUT2D eigenvalue weighted by Crippen LogP contribution is 2.28. The van der Waals surface area contributed by atoms with Gasteiger partial charge in [-0.1, -0.05) is 23.8 Å². The fourth-order valence-electron chi connectivity index (χ4n) is 3.88. The lowest BCUT2D eigenvalue weighted by atomic mass is 10.1.